The summed E-state index contributed by atoms with van der Waals surface area (Å²) in [5.41, 5.74) is 7.74. The van der Waals surface area contributed by atoms with Gasteiger partial charge in [-0.05, 0) is 25.1 Å². The summed E-state index contributed by atoms with van der Waals surface area (Å²) in [4.78, 5) is 4.15. The van der Waals surface area contributed by atoms with Gasteiger partial charge in [0.15, 0.2) is 11.6 Å². The van der Waals surface area contributed by atoms with Gasteiger partial charge in [0.05, 0.1) is 0 Å². The van der Waals surface area contributed by atoms with Gasteiger partial charge in [0.2, 0.25) is 0 Å². The van der Waals surface area contributed by atoms with Crippen molar-refractivity contribution in [3.05, 3.63) is 52.1 Å². The topological polar surface area (TPSA) is 48.1 Å². The van der Waals surface area contributed by atoms with Crippen LogP contribution in [0.25, 0.3) is 0 Å². The molecule has 0 aliphatic heterocycles. The molecular formula is C13H13BrN2O. The first kappa shape index (κ1) is 11.9. The second-order valence-corrected chi connectivity index (χ2v) is 4.57. The van der Waals surface area contributed by atoms with Crippen molar-refractivity contribution in [2.24, 2.45) is 0 Å². The molecule has 4 heteroatoms. The molecule has 1 aromatic carbocycles. The number of anilines is 1. The first-order valence-electron chi connectivity index (χ1n) is 5.26. The fourth-order valence-electron chi connectivity index (χ4n) is 1.46. The second kappa shape index (κ2) is 5.19. The average Bonchev–Trinajstić information content (AvgIpc) is 2.30. The number of halogens is 1. The number of pyridine rings is 1. The SMILES string of the molecule is Cc1ccc(OCc2ccccc2Br)c(N)n1. The summed E-state index contributed by atoms with van der Waals surface area (Å²) >= 11 is 3.47. The third-order valence-electron chi connectivity index (χ3n) is 2.37. The highest BCUT2D eigenvalue weighted by Crippen LogP contribution is 2.22. The lowest BCUT2D eigenvalue weighted by Crippen LogP contribution is -2.01. The highest BCUT2D eigenvalue weighted by Gasteiger charge is 2.04. The lowest BCUT2D eigenvalue weighted by molar-refractivity contribution is 0.306. The Morgan fingerprint density at radius 1 is 1.24 bits per heavy atom. The van der Waals surface area contributed by atoms with Crippen LogP contribution in [-0.4, -0.2) is 4.98 Å². The molecule has 0 saturated heterocycles. The molecule has 0 fully saturated rings. The summed E-state index contributed by atoms with van der Waals surface area (Å²) in [5.74, 6) is 1.04. The number of hydrogen-bond acceptors (Lipinski definition) is 3. The first-order chi connectivity index (χ1) is 8.16. The van der Waals surface area contributed by atoms with Crippen molar-refractivity contribution < 1.29 is 4.74 Å². The highest BCUT2D eigenvalue weighted by atomic mass is 79.9. The molecular weight excluding hydrogens is 280 g/mol. The normalized spacial score (nSPS) is 10.2. The standard InChI is InChI=1S/C13H13BrN2O/c1-9-6-7-12(13(15)16-9)17-8-10-4-2-3-5-11(10)14/h2-7H,8H2,1H3,(H2,15,16). The minimum absolute atomic E-state index is 0.428. The van der Waals surface area contributed by atoms with Gasteiger partial charge in [-0.15, -0.1) is 0 Å². The summed E-state index contributed by atoms with van der Waals surface area (Å²) < 4.78 is 6.67. The number of nitrogens with two attached hydrogens (primary N) is 1. The monoisotopic (exact) mass is 292 g/mol. The molecule has 2 rings (SSSR count). The largest absolute Gasteiger partial charge is 0.485 e. The summed E-state index contributed by atoms with van der Waals surface area (Å²) in [6, 6.07) is 11.6. The Kier molecular flexibility index (Phi) is 3.64. The minimum atomic E-state index is 0.428. The van der Waals surface area contributed by atoms with Crippen molar-refractivity contribution in [1.82, 2.24) is 4.98 Å². The van der Waals surface area contributed by atoms with Gasteiger partial charge in [-0.3, -0.25) is 0 Å². The number of hydrogen-bond donors (Lipinski definition) is 1. The van der Waals surface area contributed by atoms with Crippen LogP contribution in [0.15, 0.2) is 40.9 Å². The predicted octanol–water partition coefficient (Wildman–Crippen LogP) is 3.31. The Bertz CT molecular complexity index is 529. The third kappa shape index (κ3) is 2.97. The van der Waals surface area contributed by atoms with Crippen LogP contribution in [0.1, 0.15) is 11.3 Å². The van der Waals surface area contributed by atoms with Crippen LogP contribution in [0.3, 0.4) is 0 Å². The molecule has 2 N–H and O–H groups in total. The lowest BCUT2D eigenvalue weighted by Gasteiger charge is -2.09. The molecule has 0 unspecified atom stereocenters. The van der Waals surface area contributed by atoms with Crippen LogP contribution in [0.4, 0.5) is 5.82 Å². The minimum Gasteiger partial charge on any atom is -0.485 e. The Hall–Kier alpha value is -1.55. The van der Waals surface area contributed by atoms with Gasteiger partial charge in [0.1, 0.15) is 6.61 Å². The maximum atomic E-state index is 5.78. The van der Waals surface area contributed by atoms with Crippen molar-refractivity contribution in [2.75, 3.05) is 5.73 Å². The molecule has 0 saturated carbocycles. The molecule has 0 radical (unpaired) electrons. The van der Waals surface area contributed by atoms with E-state index in [1.165, 1.54) is 0 Å². The van der Waals surface area contributed by atoms with E-state index in [4.69, 9.17) is 10.5 Å². The van der Waals surface area contributed by atoms with Gasteiger partial charge in [-0.2, -0.15) is 0 Å². The third-order valence-corrected chi connectivity index (χ3v) is 3.14. The van der Waals surface area contributed by atoms with Crippen LogP contribution in [0.2, 0.25) is 0 Å². The average molecular weight is 293 g/mol. The van der Waals surface area contributed by atoms with E-state index in [1.54, 1.807) is 0 Å². The Balaban J connectivity index is 2.10. The van der Waals surface area contributed by atoms with Gasteiger partial charge >= 0.3 is 0 Å². The van der Waals surface area contributed by atoms with Crippen LogP contribution in [0.5, 0.6) is 5.75 Å². The fourth-order valence-corrected chi connectivity index (χ4v) is 1.86. The molecule has 1 heterocycles. The van der Waals surface area contributed by atoms with Crippen molar-refractivity contribution in [3.8, 4) is 5.75 Å². The molecule has 2 aromatic rings. The van der Waals surface area contributed by atoms with E-state index >= 15 is 0 Å². The zero-order valence-electron chi connectivity index (χ0n) is 9.48. The van der Waals surface area contributed by atoms with Crippen molar-refractivity contribution >= 4 is 21.7 Å². The maximum Gasteiger partial charge on any atom is 0.166 e. The molecule has 0 aliphatic carbocycles. The second-order valence-electron chi connectivity index (χ2n) is 3.72. The molecule has 1 aromatic heterocycles. The number of aromatic nitrogens is 1. The van der Waals surface area contributed by atoms with Crippen LogP contribution in [-0.2, 0) is 6.61 Å². The number of aryl methyl sites for hydroxylation is 1. The summed E-state index contributed by atoms with van der Waals surface area (Å²) in [6.45, 7) is 2.37. The number of ether oxygens (including phenoxy) is 1. The maximum absolute atomic E-state index is 5.78. The predicted molar refractivity (Wildman–Crippen MR) is 71.9 cm³/mol. The van der Waals surface area contributed by atoms with E-state index in [1.807, 2.05) is 43.3 Å². The molecule has 0 aliphatic rings. The van der Waals surface area contributed by atoms with Crippen molar-refractivity contribution in [2.45, 2.75) is 13.5 Å². The van der Waals surface area contributed by atoms with E-state index in [-0.39, 0.29) is 0 Å². The molecule has 0 spiro atoms. The summed E-state index contributed by atoms with van der Waals surface area (Å²) in [5, 5.41) is 0. The highest BCUT2D eigenvalue weighted by molar-refractivity contribution is 9.10. The van der Waals surface area contributed by atoms with E-state index in [0.717, 1.165) is 15.7 Å². The van der Waals surface area contributed by atoms with Crippen molar-refractivity contribution in [3.63, 3.8) is 0 Å². The summed E-state index contributed by atoms with van der Waals surface area (Å²) in [6.07, 6.45) is 0. The number of nitrogen functional groups attached to an aromatic ring is 1. The molecule has 0 amide bonds. The fraction of sp³-hybridized carbons (Fsp3) is 0.154. The van der Waals surface area contributed by atoms with Crippen LogP contribution >= 0.6 is 15.9 Å². The van der Waals surface area contributed by atoms with E-state index in [0.29, 0.717) is 18.2 Å². The van der Waals surface area contributed by atoms with E-state index < -0.39 is 0 Å². The van der Waals surface area contributed by atoms with Crippen molar-refractivity contribution in [1.29, 1.82) is 0 Å². The smallest absolute Gasteiger partial charge is 0.166 e. The van der Waals surface area contributed by atoms with Gasteiger partial charge in [-0.25, -0.2) is 4.98 Å². The van der Waals surface area contributed by atoms with E-state index in [9.17, 15) is 0 Å². The zero-order chi connectivity index (χ0) is 12.3. The van der Waals surface area contributed by atoms with Crippen LogP contribution in [0, 0.1) is 6.92 Å². The van der Waals surface area contributed by atoms with Gasteiger partial charge in [0.25, 0.3) is 0 Å². The van der Waals surface area contributed by atoms with E-state index in [2.05, 4.69) is 20.9 Å². The lowest BCUT2D eigenvalue weighted by atomic mass is 10.2. The quantitative estimate of drug-likeness (QED) is 0.944. The Morgan fingerprint density at radius 3 is 2.71 bits per heavy atom. The molecule has 0 atom stereocenters. The van der Waals surface area contributed by atoms with Crippen LogP contribution < -0.4 is 10.5 Å². The number of nitrogens with zero attached hydrogens (tertiary/aromatic N) is 1. The van der Waals surface area contributed by atoms with Gasteiger partial charge in [0, 0.05) is 15.7 Å². The molecule has 88 valence electrons. The zero-order valence-corrected chi connectivity index (χ0v) is 11.1. The Morgan fingerprint density at radius 2 is 2.00 bits per heavy atom. The Labute approximate surface area is 109 Å². The molecule has 17 heavy (non-hydrogen) atoms. The molecule has 3 nitrogen and oxygen atoms in total. The first-order valence-corrected chi connectivity index (χ1v) is 6.05. The van der Waals surface area contributed by atoms with Gasteiger partial charge in [-0.1, -0.05) is 34.1 Å². The van der Waals surface area contributed by atoms with Gasteiger partial charge < -0.3 is 10.5 Å². The number of rotatable bonds is 3. The molecule has 0 bridgehead atoms. The summed E-state index contributed by atoms with van der Waals surface area (Å²) in [7, 11) is 0. The number of benzene rings is 1.